The van der Waals surface area contributed by atoms with E-state index in [1.807, 2.05) is 45.2 Å². The summed E-state index contributed by atoms with van der Waals surface area (Å²) in [6.07, 6.45) is 1.99. The second kappa shape index (κ2) is 7.19. The molecule has 0 spiro atoms. The van der Waals surface area contributed by atoms with E-state index >= 15 is 0 Å². The first-order chi connectivity index (χ1) is 12.4. The highest BCUT2D eigenvalue weighted by molar-refractivity contribution is 6.00. The summed E-state index contributed by atoms with van der Waals surface area (Å²) in [5.41, 5.74) is 2.78. The van der Waals surface area contributed by atoms with E-state index in [1.54, 1.807) is 22.9 Å². The molecule has 2 atom stereocenters. The van der Waals surface area contributed by atoms with Crippen LogP contribution in [0.1, 0.15) is 30.6 Å². The molecule has 1 aliphatic heterocycles. The number of carbonyl (C=O) groups is 2. The molecule has 1 aromatic carbocycles. The number of anilines is 1. The van der Waals surface area contributed by atoms with Gasteiger partial charge in [-0.1, -0.05) is 0 Å². The molecule has 0 bridgehead atoms. The Balaban J connectivity index is 1.65. The van der Waals surface area contributed by atoms with Gasteiger partial charge in [0.1, 0.15) is 5.75 Å². The number of hydrogen-bond acceptors (Lipinski definition) is 4. The quantitative estimate of drug-likeness (QED) is 0.889. The van der Waals surface area contributed by atoms with Crippen molar-refractivity contribution in [2.24, 2.45) is 13.0 Å². The van der Waals surface area contributed by atoms with Gasteiger partial charge in [0, 0.05) is 37.0 Å². The number of aromatic nitrogens is 2. The Morgan fingerprint density at radius 3 is 2.62 bits per heavy atom. The van der Waals surface area contributed by atoms with Crippen LogP contribution in [0.5, 0.6) is 5.75 Å². The van der Waals surface area contributed by atoms with E-state index in [9.17, 15) is 9.59 Å². The number of nitrogens with one attached hydrogen (secondary N) is 1. The molecule has 1 aromatic heterocycles. The minimum atomic E-state index is -0.357. The van der Waals surface area contributed by atoms with Crippen molar-refractivity contribution in [1.82, 2.24) is 15.1 Å². The average Bonchev–Trinajstić information content (AvgIpc) is 3.18. The fourth-order valence-corrected chi connectivity index (χ4v) is 3.24. The lowest BCUT2D eigenvalue weighted by Crippen LogP contribution is -2.34. The zero-order valence-electron chi connectivity index (χ0n) is 15.5. The predicted octanol–water partition coefficient (Wildman–Crippen LogP) is 1.97. The monoisotopic (exact) mass is 356 g/mol. The zero-order chi connectivity index (χ0) is 18.8. The third-order valence-corrected chi connectivity index (χ3v) is 4.98. The topological polar surface area (TPSA) is 76.5 Å². The highest BCUT2D eigenvalue weighted by atomic mass is 16.5. The summed E-state index contributed by atoms with van der Waals surface area (Å²) in [5.74, 6) is 0.227. The Labute approximate surface area is 152 Å². The maximum absolute atomic E-state index is 12.6. The van der Waals surface area contributed by atoms with Gasteiger partial charge < -0.3 is 15.0 Å². The van der Waals surface area contributed by atoms with Gasteiger partial charge in [-0.15, -0.1) is 0 Å². The van der Waals surface area contributed by atoms with E-state index in [-0.39, 0.29) is 30.2 Å². The summed E-state index contributed by atoms with van der Waals surface area (Å²) >= 11 is 0. The van der Waals surface area contributed by atoms with Crippen molar-refractivity contribution in [3.63, 3.8) is 0 Å². The van der Waals surface area contributed by atoms with Crippen LogP contribution in [0, 0.1) is 12.8 Å². The van der Waals surface area contributed by atoms with Gasteiger partial charge in [0.2, 0.25) is 11.8 Å². The van der Waals surface area contributed by atoms with Crippen LogP contribution in [0.25, 0.3) is 0 Å². The van der Waals surface area contributed by atoms with E-state index in [0.717, 1.165) is 22.7 Å². The molecule has 1 fully saturated rings. The highest BCUT2D eigenvalue weighted by Gasteiger charge is 2.35. The van der Waals surface area contributed by atoms with Crippen LogP contribution in [0.2, 0.25) is 0 Å². The molecule has 0 radical (unpaired) electrons. The zero-order valence-corrected chi connectivity index (χ0v) is 15.5. The van der Waals surface area contributed by atoms with Crippen molar-refractivity contribution < 1.29 is 14.3 Å². The SMILES string of the molecule is COc1ccc(N2C[C@@H](C(=O)N[C@H](C)c3cnn(C)c3C)CC2=O)cc1. The van der Waals surface area contributed by atoms with Crippen LogP contribution in [0.3, 0.4) is 0 Å². The number of hydrogen-bond donors (Lipinski definition) is 1. The summed E-state index contributed by atoms with van der Waals surface area (Å²) in [4.78, 5) is 26.6. The van der Waals surface area contributed by atoms with Crippen molar-refractivity contribution >= 4 is 17.5 Å². The van der Waals surface area contributed by atoms with E-state index in [4.69, 9.17) is 4.74 Å². The number of carbonyl (C=O) groups excluding carboxylic acids is 2. The first kappa shape index (κ1) is 18.0. The molecule has 1 saturated heterocycles. The van der Waals surface area contributed by atoms with Gasteiger partial charge in [0.15, 0.2) is 0 Å². The van der Waals surface area contributed by atoms with Crippen LogP contribution < -0.4 is 15.0 Å². The molecular weight excluding hydrogens is 332 g/mol. The number of ether oxygens (including phenoxy) is 1. The summed E-state index contributed by atoms with van der Waals surface area (Å²) < 4.78 is 6.92. The highest BCUT2D eigenvalue weighted by Crippen LogP contribution is 2.27. The molecule has 138 valence electrons. The summed E-state index contributed by atoms with van der Waals surface area (Å²) in [6, 6.07) is 7.13. The van der Waals surface area contributed by atoms with Gasteiger partial charge in [-0.3, -0.25) is 14.3 Å². The van der Waals surface area contributed by atoms with Crippen molar-refractivity contribution in [3.05, 3.63) is 41.7 Å². The van der Waals surface area contributed by atoms with Crippen LogP contribution >= 0.6 is 0 Å². The van der Waals surface area contributed by atoms with Gasteiger partial charge >= 0.3 is 0 Å². The van der Waals surface area contributed by atoms with Crippen molar-refractivity contribution in [1.29, 1.82) is 0 Å². The van der Waals surface area contributed by atoms with E-state index in [2.05, 4.69) is 10.4 Å². The smallest absolute Gasteiger partial charge is 0.227 e. The Morgan fingerprint density at radius 1 is 1.35 bits per heavy atom. The van der Waals surface area contributed by atoms with Crippen LogP contribution in [0.15, 0.2) is 30.5 Å². The lowest BCUT2D eigenvalue weighted by molar-refractivity contribution is -0.126. The maximum Gasteiger partial charge on any atom is 0.227 e. The molecule has 0 unspecified atom stereocenters. The fourth-order valence-electron chi connectivity index (χ4n) is 3.24. The number of amides is 2. The molecule has 1 aliphatic rings. The lowest BCUT2D eigenvalue weighted by Gasteiger charge is -2.19. The molecular formula is C19H24N4O3. The van der Waals surface area contributed by atoms with Gasteiger partial charge in [0.25, 0.3) is 0 Å². The second-order valence-electron chi connectivity index (χ2n) is 6.64. The maximum atomic E-state index is 12.6. The molecule has 2 amide bonds. The second-order valence-corrected chi connectivity index (χ2v) is 6.64. The van der Waals surface area contributed by atoms with Crippen LogP contribution in [0.4, 0.5) is 5.69 Å². The van der Waals surface area contributed by atoms with E-state index in [1.165, 1.54) is 0 Å². The minimum Gasteiger partial charge on any atom is -0.497 e. The van der Waals surface area contributed by atoms with Gasteiger partial charge in [-0.2, -0.15) is 5.10 Å². The number of nitrogens with zero attached hydrogens (tertiary/aromatic N) is 3. The lowest BCUT2D eigenvalue weighted by atomic mass is 10.1. The van der Waals surface area contributed by atoms with Gasteiger partial charge in [-0.25, -0.2) is 0 Å². The average molecular weight is 356 g/mol. The Morgan fingerprint density at radius 2 is 2.04 bits per heavy atom. The molecule has 2 aromatic rings. The van der Waals surface area contributed by atoms with Crippen molar-refractivity contribution in [2.75, 3.05) is 18.6 Å². The molecule has 7 nitrogen and oxygen atoms in total. The predicted molar refractivity (Wildman–Crippen MR) is 98.0 cm³/mol. The van der Waals surface area contributed by atoms with Crippen molar-refractivity contribution in [2.45, 2.75) is 26.3 Å². The number of benzene rings is 1. The molecule has 0 saturated carbocycles. The van der Waals surface area contributed by atoms with Crippen LogP contribution in [-0.2, 0) is 16.6 Å². The summed E-state index contributed by atoms with van der Waals surface area (Å²) in [6.45, 7) is 4.28. The molecule has 26 heavy (non-hydrogen) atoms. The van der Waals surface area contributed by atoms with E-state index < -0.39 is 0 Å². The fraction of sp³-hybridized carbons (Fsp3) is 0.421. The number of rotatable bonds is 5. The summed E-state index contributed by atoms with van der Waals surface area (Å²) in [5, 5.41) is 7.22. The van der Waals surface area contributed by atoms with Gasteiger partial charge in [-0.05, 0) is 38.1 Å². The molecule has 3 rings (SSSR count). The first-order valence-electron chi connectivity index (χ1n) is 8.64. The van der Waals surface area contributed by atoms with Gasteiger partial charge in [0.05, 0.1) is 25.3 Å². The third kappa shape index (κ3) is 3.42. The van der Waals surface area contributed by atoms with Crippen LogP contribution in [-0.4, -0.2) is 35.2 Å². The molecule has 1 N–H and O–H groups in total. The van der Waals surface area contributed by atoms with Crippen molar-refractivity contribution in [3.8, 4) is 5.75 Å². The Kier molecular flexibility index (Phi) is 4.97. The largest absolute Gasteiger partial charge is 0.497 e. The van der Waals surface area contributed by atoms with E-state index in [0.29, 0.717) is 6.54 Å². The third-order valence-electron chi connectivity index (χ3n) is 4.98. The normalized spacial score (nSPS) is 18.1. The Bertz CT molecular complexity index is 813. The minimum absolute atomic E-state index is 0.0412. The molecule has 0 aliphatic carbocycles. The molecule has 7 heteroatoms. The summed E-state index contributed by atoms with van der Waals surface area (Å²) in [7, 11) is 3.47. The molecule has 2 heterocycles. The standard InChI is InChI=1S/C19H24N4O3/c1-12(17-10-20-22(3)13(17)2)21-19(25)14-9-18(24)23(11-14)15-5-7-16(26-4)8-6-15/h5-8,10,12,14H,9,11H2,1-4H3,(H,21,25)/t12-,14+/m1/s1. The number of methoxy groups -OCH3 is 1. The number of aryl methyl sites for hydroxylation is 1. The first-order valence-corrected chi connectivity index (χ1v) is 8.64. The Hall–Kier alpha value is -2.83.